The molecule has 0 bridgehead atoms. The number of nitrogens with zero attached hydrogens (tertiary/aromatic N) is 2. The fraction of sp³-hybridized carbons (Fsp3) is 0.167. The Bertz CT molecular complexity index is 201. The van der Waals surface area contributed by atoms with Crippen LogP contribution < -0.4 is 0 Å². The topological polar surface area (TPSA) is 120 Å². The predicted octanol–water partition coefficient (Wildman–Crippen LogP) is 0.559. The van der Waals surface area contributed by atoms with E-state index < -0.39 is 0 Å². The summed E-state index contributed by atoms with van der Waals surface area (Å²) in [5, 5.41) is 0. The number of hydrogen-bond donors (Lipinski definition) is 0. The molecule has 0 aliphatic heterocycles. The molecule has 0 atom stereocenters. The summed E-state index contributed by atoms with van der Waals surface area (Å²) in [6.45, 7) is 0. The fourth-order valence-corrected chi connectivity index (χ4v) is 0.555. The maximum absolute atomic E-state index is 3.66. The first-order valence-corrected chi connectivity index (χ1v) is 3.54. The molecule has 2 heterocycles. The van der Waals surface area contributed by atoms with Crippen molar-refractivity contribution in [3.63, 3.8) is 0 Å². The molecule has 0 amide bonds. The van der Waals surface area contributed by atoms with E-state index >= 15 is 0 Å². The molecular formula is C12H22N2O3V. The van der Waals surface area contributed by atoms with E-state index in [1.165, 1.54) is 0 Å². The van der Waals surface area contributed by atoms with E-state index in [0.717, 1.165) is 0 Å². The van der Waals surface area contributed by atoms with Gasteiger partial charge in [-0.05, 0) is 24.3 Å². The summed E-state index contributed by atoms with van der Waals surface area (Å²) in [5.41, 5.74) is 0. The summed E-state index contributed by atoms with van der Waals surface area (Å²) < 4.78 is 0. The predicted molar refractivity (Wildman–Crippen MR) is 70.4 cm³/mol. The Balaban J connectivity index is -0.0000000300. The molecule has 3 radical (unpaired) electrons. The van der Waals surface area contributed by atoms with E-state index in [1.807, 2.05) is 24.3 Å². The van der Waals surface area contributed by atoms with Gasteiger partial charge in [-0.1, -0.05) is 27.0 Å². The maximum Gasteiger partial charge on any atom is 0.0886 e. The standard InChI is InChI=1S/2C5H4N.2CH4.3H2O.V/c2*1-2-4-6-5-3-1;;;;;;/h2*1-4H;2*1H4;3*1H2;. The number of hydrogen-bond acceptors (Lipinski definition) is 2. The van der Waals surface area contributed by atoms with Gasteiger partial charge in [0.1, 0.15) is 0 Å². The average Bonchev–Trinajstić information content (AvgIpc) is 2.24. The average molecular weight is 293 g/mol. The molecule has 6 N–H and O–H groups in total. The van der Waals surface area contributed by atoms with Gasteiger partial charge in [0.25, 0.3) is 0 Å². The molecule has 0 fully saturated rings. The molecular weight excluding hydrogens is 271 g/mol. The van der Waals surface area contributed by atoms with Crippen LogP contribution in [0.3, 0.4) is 0 Å². The van der Waals surface area contributed by atoms with Gasteiger partial charge in [0.05, 0.1) is 12.4 Å². The van der Waals surface area contributed by atoms with Crippen LogP contribution in [-0.4, -0.2) is 26.4 Å². The van der Waals surface area contributed by atoms with Crippen LogP contribution in [0.5, 0.6) is 0 Å². The smallest absolute Gasteiger partial charge is 0.0886 e. The Morgan fingerprint density at radius 3 is 1.00 bits per heavy atom. The summed E-state index contributed by atoms with van der Waals surface area (Å²) in [7, 11) is 0. The summed E-state index contributed by atoms with van der Waals surface area (Å²) in [6.07, 6.45) is 8.67. The SMILES string of the molecule is C.C.O.O.O.[V].[c]1ccccn1.[c]1ccccn1. The van der Waals surface area contributed by atoms with E-state index in [0.29, 0.717) is 0 Å². The minimum absolute atomic E-state index is 0. The second kappa shape index (κ2) is 29.7. The van der Waals surface area contributed by atoms with Crippen LogP contribution in [0, 0.1) is 12.4 Å². The summed E-state index contributed by atoms with van der Waals surface area (Å²) in [4.78, 5) is 7.32. The third kappa shape index (κ3) is 24.1. The zero-order valence-corrected chi connectivity index (χ0v) is 9.86. The molecule has 0 aromatic carbocycles. The van der Waals surface area contributed by atoms with Crippen molar-refractivity contribution in [3.8, 4) is 0 Å². The molecule has 0 saturated heterocycles. The Hall–Kier alpha value is -1.24. The van der Waals surface area contributed by atoms with Crippen molar-refractivity contribution in [2.45, 2.75) is 14.9 Å². The van der Waals surface area contributed by atoms with Crippen molar-refractivity contribution in [2.75, 3.05) is 0 Å². The van der Waals surface area contributed by atoms with Crippen molar-refractivity contribution < 1.29 is 35.0 Å². The Morgan fingerprint density at radius 1 is 0.611 bits per heavy atom. The van der Waals surface area contributed by atoms with Crippen molar-refractivity contribution in [1.82, 2.24) is 9.97 Å². The molecule has 0 spiro atoms. The van der Waals surface area contributed by atoms with Crippen LogP contribution in [0.2, 0.25) is 0 Å². The third-order valence-electron chi connectivity index (χ3n) is 1.03. The molecule has 2 rings (SSSR count). The largest absolute Gasteiger partial charge is 0.412 e. The van der Waals surface area contributed by atoms with Gasteiger partial charge in [-0.15, -0.1) is 0 Å². The zero-order chi connectivity index (χ0) is 8.49. The van der Waals surface area contributed by atoms with E-state index in [9.17, 15) is 0 Å². The minimum Gasteiger partial charge on any atom is -0.412 e. The first kappa shape index (κ1) is 36.0. The maximum atomic E-state index is 3.66. The van der Waals surface area contributed by atoms with Crippen LogP contribution in [0.25, 0.3) is 0 Å². The molecule has 0 unspecified atom stereocenters. The van der Waals surface area contributed by atoms with Gasteiger partial charge >= 0.3 is 0 Å². The van der Waals surface area contributed by atoms with E-state index in [1.54, 1.807) is 24.5 Å². The quantitative estimate of drug-likeness (QED) is 0.704. The fourth-order valence-electron chi connectivity index (χ4n) is 0.555. The van der Waals surface area contributed by atoms with Crippen molar-refractivity contribution >= 4 is 0 Å². The minimum atomic E-state index is 0. The van der Waals surface area contributed by atoms with Gasteiger partial charge in [-0.3, -0.25) is 9.97 Å². The number of aromatic nitrogens is 2. The van der Waals surface area contributed by atoms with E-state index in [-0.39, 0.29) is 49.8 Å². The van der Waals surface area contributed by atoms with E-state index in [2.05, 4.69) is 22.4 Å². The Labute approximate surface area is 121 Å². The van der Waals surface area contributed by atoms with Crippen molar-refractivity contribution in [1.29, 1.82) is 0 Å². The normalized spacial score (nSPS) is 5.33. The van der Waals surface area contributed by atoms with Gasteiger partial charge in [0.2, 0.25) is 0 Å². The molecule has 6 heteroatoms. The number of pyridine rings is 2. The third-order valence-corrected chi connectivity index (χ3v) is 1.03. The van der Waals surface area contributed by atoms with Crippen LogP contribution in [0.15, 0.2) is 48.8 Å². The molecule has 103 valence electrons. The second-order valence-electron chi connectivity index (χ2n) is 1.92. The van der Waals surface area contributed by atoms with Crippen LogP contribution in [-0.2, 0) is 18.6 Å². The van der Waals surface area contributed by atoms with E-state index in [4.69, 9.17) is 0 Å². The Kier molecular flexibility index (Phi) is 59.2. The van der Waals surface area contributed by atoms with Gasteiger partial charge in [-0.25, -0.2) is 0 Å². The first-order chi connectivity index (χ1) is 6.00. The molecule has 2 aromatic rings. The van der Waals surface area contributed by atoms with Crippen LogP contribution >= 0.6 is 0 Å². The summed E-state index contributed by atoms with van der Waals surface area (Å²) in [5.74, 6) is 0. The molecule has 0 saturated carbocycles. The van der Waals surface area contributed by atoms with Gasteiger partial charge in [-0.2, -0.15) is 0 Å². The molecule has 2 aromatic heterocycles. The number of rotatable bonds is 0. The molecule has 5 nitrogen and oxygen atoms in total. The van der Waals surface area contributed by atoms with Gasteiger partial charge in [0, 0.05) is 30.9 Å². The van der Waals surface area contributed by atoms with Crippen molar-refractivity contribution in [2.24, 2.45) is 0 Å². The van der Waals surface area contributed by atoms with Gasteiger partial charge < -0.3 is 16.4 Å². The zero-order valence-electron chi connectivity index (χ0n) is 8.46. The molecule has 18 heavy (non-hydrogen) atoms. The molecule has 0 aliphatic rings. The molecule has 0 aliphatic carbocycles. The first-order valence-electron chi connectivity index (χ1n) is 3.54. The summed E-state index contributed by atoms with van der Waals surface area (Å²) in [6, 6.07) is 11.0. The summed E-state index contributed by atoms with van der Waals surface area (Å²) >= 11 is 0. The monoisotopic (exact) mass is 293 g/mol. The Morgan fingerprint density at radius 2 is 0.944 bits per heavy atom. The van der Waals surface area contributed by atoms with Gasteiger partial charge in [0.15, 0.2) is 0 Å². The van der Waals surface area contributed by atoms with Crippen LogP contribution in [0.1, 0.15) is 14.9 Å². The van der Waals surface area contributed by atoms with Crippen molar-refractivity contribution in [3.05, 3.63) is 61.2 Å². The van der Waals surface area contributed by atoms with Crippen LogP contribution in [0.4, 0.5) is 0 Å². The second-order valence-corrected chi connectivity index (χ2v) is 1.92.